The highest BCUT2D eigenvalue weighted by Gasteiger charge is 2.17. The summed E-state index contributed by atoms with van der Waals surface area (Å²) in [6.45, 7) is 1.81. The second kappa shape index (κ2) is 7.63. The number of nitrogens with zero attached hydrogens (tertiary/aromatic N) is 4. The van der Waals surface area contributed by atoms with Crippen LogP contribution in [-0.2, 0) is 13.1 Å². The second-order valence-electron chi connectivity index (χ2n) is 6.78. The van der Waals surface area contributed by atoms with Gasteiger partial charge < -0.3 is 0 Å². The minimum Gasteiger partial charge on any atom is -0.292 e. The van der Waals surface area contributed by atoms with Crippen molar-refractivity contribution in [2.75, 3.05) is 0 Å². The number of Topliss-reactive ketones (excluding diaryl/α,β-unsaturated/α-hetero) is 1. The van der Waals surface area contributed by atoms with Crippen LogP contribution < -0.4 is 11.2 Å². The Morgan fingerprint density at radius 1 is 0.966 bits per heavy atom. The van der Waals surface area contributed by atoms with Gasteiger partial charge in [-0.25, -0.2) is 9.78 Å². The van der Waals surface area contributed by atoms with E-state index >= 15 is 0 Å². The number of benzene rings is 1. The summed E-state index contributed by atoms with van der Waals surface area (Å²) in [7, 11) is 0. The highest BCUT2D eigenvalue weighted by Crippen LogP contribution is 2.09. The average Bonchev–Trinajstić information content (AvgIpc) is 2.75. The lowest BCUT2D eigenvalue weighted by atomic mass is 10.1. The normalized spacial score (nSPS) is 10.9. The first-order chi connectivity index (χ1) is 14.0. The summed E-state index contributed by atoms with van der Waals surface area (Å²) in [5.74, 6) is -0.219. The summed E-state index contributed by atoms with van der Waals surface area (Å²) in [5, 5.41) is 0. The minimum atomic E-state index is -0.556. The fourth-order valence-corrected chi connectivity index (χ4v) is 3.18. The minimum absolute atomic E-state index is 0.0523. The first-order valence-electron chi connectivity index (χ1n) is 9.12. The Labute approximate surface area is 165 Å². The van der Waals surface area contributed by atoms with E-state index in [1.807, 2.05) is 19.1 Å². The summed E-state index contributed by atoms with van der Waals surface area (Å²) in [5.41, 5.74) is 1.69. The Morgan fingerprint density at radius 2 is 1.72 bits per heavy atom. The van der Waals surface area contributed by atoms with Crippen LogP contribution in [0.25, 0.3) is 11.0 Å². The van der Waals surface area contributed by atoms with Crippen LogP contribution in [0.1, 0.15) is 21.5 Å². The van der Waals surface area contributed by atoms with Gasteiger partial charge in [-0.05, 0) is 30.7 Å². The van der Waals surface area contributed by atoms with E-state index in [0.717, 1.165) is 10.1 Å². The summed E-state index contributed by atoms with van der Waals surface area (Å²) in [4.78, 5) is 47.0. The number of pyridine rings is 2. The standard InChI is InChI=1S/C22H18N4O3/c1-15-6-8-17(9-7-15)19(27)14-25-18-5-3-11-24-20(18)21(28)26(22(25)29)13-16-4-2-10-23-12-16/h2-12H,13-14H2,1H3. The predicted molar refractivity (Wildman–Crippen MR) is 109 cm³/mol. The summed E-state index contributed by atoms with van der Waals surface area (Å²) in [6.07, 6.45) is 4.71. The van der Waals surface area contributed by atoms with Crippen LogP contribution in [-0.4, -0.2) is 24.9 Å². The monoisotopic (exact) mass is 386 g/mol. The molecule has 4 aromatic rings. The van der Waals surface area contributed by atoms with Crippen LogP contribution in [0.5, 0.6) is 0 Å². The molecule has 1 aromatic carbocycles. The third-order valence-corrected chi connectivity index (χ3v) is 4.73. The van der Waals surface area contributed by atoms with Crippen molar-refractivity contribution in [3.63, 3.8) is 0 Å². The maximum absolute atomic E-state index is 13.2. The van der Waals surface area contributed by atoms with Gasteiger partial charge in [-0.15, -0.1) is 0 Å². The molecule has 0 saturated carbocycles. The molecule has 3 aromatic heterocycles. The molecule has 0 unspecified atom stereocenters. The highest BCUT2D eigenvalue weighted by atomic mass is 16.2. The van der Waals surface area contributed by atoms with Crippen molar-refractivity contribution in [3.8, 4) is 0 Å². The molecule has 0 atom stereocenters. The van der Waals surface area contributed by atoms with E-state index in [-0.39, 0.29) is 24.4 Å². The molecule has 7 heteroatoms. The molecule has 0 aliphatic carbocycles. The number of aryl methyl sites for hydroxylation is 1. The third-order valence-electron chi connectivity index (χ3n) is 4.73. The fraction of sp³-hybridized carbons (Fsp3) is 0.136. The molecular weight excluding hydrogens is 368 g/mol. The Bertz CT molecular complexity index is 1310. The molecule has 0 bridgehead atoms. The average molecular weight is 386 g/mol. The van der Waals surface area contributed by atoms with E-state index in [9.17, 15) is 14.4 Å². The van der Waals surface area contributed by atoms with Gasteiger partial charge in [0.25, 0.3) is 5.56 Å². The molecule has 29 heavy (non-hydrogen) atoms. The number of carbonyl (C=O) groups is 1. The van der Waals surface area contributed by atoms with E-state index in [2.05, 4.69) is 9.97 Å². The number of aromatic nitrogens is 4. The van der Waals surface area contributed by atoms with Gasteiger partial charge in [0.1, 0.15) is 0 Å². The largest absolute Gasteiger partial charge is 0.332 e. The molecule has 0 fully saturated rings. The van der Waals surface area contributed by atoms with Crippen molar-refractivity contribution < 1.29 is 4.79 Å². The molecule has 0 spiro atoms. The maximum atomic E-state index is 13.2. The Balaban J connectivity index is 1.84. The SMILES string of the molecule is Cc1ccc(C(=O)Cn2c(=O)n(Cc3cccnc3)c(=O)c3ncccc32)cc1. The molecule has 0 radical (unpaired) electrons. The smallest absolute Gasteiger partial charge is 0.292 e. The van der Waals surface area contributed by atoms with Crippen LogP contribution in [0, 0.1) is 6.92 Å². The van der Waals surface area contributed by atoms with Crippen LogP contribution in [0.3, 0.4) is 0 Å². The number of ketones is 1. The molecule has 7 nitrogen and oxygen atoms in total. The fourth-order valence-electron chi connectivity index (χ4n) is 3.18. The topological polar surface area (TPSA) is 86.9 Å². The van der Waals surface area contributed by atoms with Gasteiger partial charge in [0.15, 0.2) is 11.3 Å². The lowest BCUT2D eigenvalue weighted by Gasteiger charge is -2.13. The van der Waals surface area contributed by atoms with Gasteiger partial charge in [-0.3, -0.25) is 23.7 Å². The van der Waals surface area contributed by atoms with Crippen molar-refractivity contribution in [2.24, 2.45) is 0 Å². The zero-order valence-electron chi connectivity index (χ0n) is 15.8. The lowest BCUT2D eigenvalue weighted by molar-refractivity contribution is 0.0971. The molecule has 0 aliphatic heterocycles. The first kappa shape index (κ1) is 18.5. The molecule has 144 valence electrons. The number of rotatable bonds is 5. The zero-order valence-corrected chi connectivity index (χ0v) is 15.8. The van der Waals surface area contributed by atoms with E-state index in [1.54, 1.807) is 48.8 Å². The lowest BCUT2D eigenvalue weighted by Crippen LogP contribution is -2.41. The third kappa shape index (κ3) is 3.62. The van der Waals surface area contributed by atoms with E-state index < -0.39 is 11.2 Å². The van der Waals surface area contributed by atoms with Gasteiger partial charge in [0, 0.05) is 24.2 Å². The van der Waals surface area contributed by atoms with E-state index in [4.69, 9.17) is 0 Å². The Kier molecular flexibility index (Phi) is 4.87. The van der Waals surface area contributed by atoms with Crippen molar-refractivity contribution in [2.45, 2.75) is 20.0 Å². The van der Waals surface area contributed by atoms with Gasteiger partial charge in [0.2, 0.25) is 0 Å². The Hall–Kier alpha value is -3.87. The van der Waals surface area contributed by atoms with E-state index in [1.165, 1.54) is 10.8 Å². The van der Waals surface area contributed by atoms with Crippen molar-refractivity contribution in [3.05, 3.63) is 105 Å². The van der Waals surface area contributed by atoms with Crippen molar-refractivity contribution in [1.29, 1.82) is 0 Å². The number of fused-ring (bicyclic) bond motifs is 1. The van der Waals surface area contributed by atoms with Crippen LogP contribution in [0.4, 0.5) is 0 Å². The van der Waals surface area contributed by atoms with Crippen molar-refractivity contribution in [1.82, 2.24) is 19.1 Å². The summed E-state index contributed by atoms with van der Waals surface area (Å²) in [6, 6.07) is 13.9. The van der Waals surface area contributed by atoms with Gasteiger partial charge >= 0.3 is 5.69 Å². The molecule has 0 amide bonds. The molecule has 3 heterocycles. The molecule has 0 N–H and O–H groups in total. The zero-order chi connectivity index (χ0) is 20.4. The second-order valence-corrected chi connectivity index (χ2v) is 6.78. The number of hydrogen-bond acceptors (Lipinski definition) is 5. The Morgan fingerprint density at radius 3 is 2.45 bits per heavy atom. The van der Waals surface area contributed by atoms with Gasteiger partial charge in [-0.2, -0.15) is 0 Å². The van der Waals surface area contributed by atoms with Crippen molar-refractivity contribution >= 4 is 16.8 Å². The molecule has 4 rings (SSSR count). The molecule has 0 saturated heterocycles. The summed E-state index contributed by atoms with van der Waals surface area (Å²) >= 11 is 0. The van der Waals surface area contributed by atoms with Crippen LogP contribution >= 0.6 is 0 Å². The molecule has 0 aliphatic rings. The van der Waals surface area contributed by atoms with Crippen LogP contribution in [0.15, 0.2) is 76.7 Å². The number of hydrogen-bond donors (Lipinski definition) is 0. The predicted octanol–water partition coefficient (Wildman–Crippen LogP) is 2.19. The quantitative estimate of drug-likeness (QED) is 0.491. The molecular formula is C22H18N4O3. The van der Waals surface area contributed by atoms with E-state index in [0.29, 0.717) is 16.6 Å². The van der Waals surface area contributed by atoms with Gasteiger partial charge in [-0.1, -0.05) is 35.9 Å². The number of carbonyl (C=O) groups excluding carboxylic acids is 1. The first-order valence-corrected chi connectivity index (χ1v) is 9.12. The van der Waals surface area contributed by atoms with Crippen LogP contribution in [0.2, 0.25) is 0 Å². The highest BCUT2D eigenvalue weighted by molar-refractivity contribution is 5.96. The summed E-state index contributed by atoms with van der Waals surface area (Å²) < 4.78 is 2.40. The maximum Gasteiger partial charge on any atom is 0.332 e. The van der Waals surface area contributed by atoms with Gasteiger partial charge in [0.05, 0.1) is 18.6 Å².